The lowest BCUT2D eigenvalue weighted by molar-refractivity contribution is -0.154. The number of methoxy groups -OCH3 is 1. The molecule has 1 atom stereocenters. The summed E-state index contributed by atoms with van der Waals surface area (Å²) in [6, 6.07) is 5.36. The van der Waals surface area contributed by atoms with Gasteiger partial charge in [0.05, 0.1) is 0 Å². The zero-order valence-corrected chi connectivity index (χ0v) is 12.0. The van der Waals surface area contributed by atoms with E-state index in [0.717, 1.165) is 4.47 Å². The molecule has 2 rings (SSSR count). The fourth-order valence-electron chi connectivity index (χ4n) is 1.87. The van der Waals surface area contributed by atoms with Crippen molar-refractivity contribution >= 4 is 33.5 Å². The van der Waals surface area contributed by atoms with E-state index in [9.17, 15) is 9.59 Å². The molecule has 5 nitrogen and oxygen atoms in total. The predicted molar refractivity (Wildman–Crippen MR) is 72.7 cm³/mol. The van der Waals surface area contributed by atoms with Crippen LogP contribution in [-0.4, -0.2) is 25.6 Å². The van der Waals surface area contributed by atoms with Crippen LogP contribution in [0.15, 0.2) is 22.7 Å². The minimum absolute atomic E-state index is 0.240. The molecule has 1 aliphatic heterocycles. The molecule has 0 fully saturated rings. The summed E-state index contributed by atoms with van der Waals surface area (Å²) in [4.78, 5) is 23.4. The largest absolute Gasteiger partial charge is 0.447 e. The highest BCUT2D eigenvalue weighted by atomic mass is 79.9. The molecule has 0 aromatic heterocycles. The van der Waals surface area contributed by atoms with E-state index < -0.39 is 12.1 Å². The molecule has 1 aromatic carbocycles. The highest BCUT2D eigenvalue weighted by Crippen LogP contribution is 2.35. The number of carbonyl (C=O) groups is 2. The number of hydrogen-bond donors (Lipinski definition) is 1. The molecule has 1 N–H and O–H groups in total. The first-order valence-electron chi connectivity index (χ1n) is 5.90. The third kappa shape index (κ3) is 3.33. The maximum absolute atomic E-state index is 11.8. The normalized spacial score (nSPS) is 16.9. The van der Waals surface area contributed by atoms with Crippen molar-refractivity contribution in [2.45, 2.75) is 18.9 Å². The topological polar surface area (TPSA) is 64.6 Å². The Morgan fingerprint density at radius 3 is 3.00 bits per heavy atom. The molecular weight excluding hydrogens is 314 g/mol. The first-order chi connectivity index (χ1) is 9.11. The van der Waals surface area contributed by atoms with Crippen molar-refractivity contribution in [2.75, 3.05) is 19.0 Å². The van der Waals surface area contributed by atoms with Gasteiger partial charge in [-0.15, -0.1) is 0 Å². The van der Waals surface area contributed by atoms with E-state index >= 15 is 0 Å². The number of anilines is 1. The lowest BCUT2D eigenvalue weighted by Crippen LogP contribution is -2.19. The average molecular weight is 328 g/mol. The molecule has 0 aliphatic carbocycles. The first-order valence-corrected chi connectivity index (χ1v) is 6.70. The maximum Gasteiger partial charge on any atom is 0.307 e. The van der Waals surface area contributed by atoms with E-state index in [1.807, 2.05) is 6.07 Å². The van der Waals surface area contributed by atoms with E-state index in [1.54, 1.807) is 19.2 Å². The van der Waals surface area contributed by atoms with Crippen molar-refractivity contribution in [1.29, 1.82) is 0 Å². The van der Waals surface area contributed by atoms with Gasteiger partial charge in [0.2, 0.25) is 6.10 Å². The number of benzene rings is 1. The molecule has 6 heteroatoms. The van der Waals surface area contributed by atoms with Crippen LogP contribution in [0.1, 0.15) is 24.5 Å². The smallest absolute Gasteiger partial charge is 0.307 e. The number of rotatable bonds is 5. The van der Waals surface area contributed by atoms with Gasteiger partial charge in [0, 0.05) is 35.9 Å². The van der Waals surface area contributed by atoms with Gasteiger partial charge >= 0.3 is 5.97 Å². The fourth-order valence-corrected chi connectivity index (χ4v) is 2.23. The molecule has 0 unspecified atom stereocenters. The molecular formula is C13H14BrNO4. The Hall–Kier alpha value is -1.40. The summed E-state index contributed by atoms with van der Waals surface area (Å²) < 4.78 is 10.9. The third-order valence-electron chi connectivity index (χ3n) is 2.77. The quantitative estimate of drug-likeness (QED) is 0.666. The van der Waals surface area contributed by atoms with Gasteiger partial charge in [-0.25, -0.2) is 0 Å². The van der Waals surface area contributed by atoms with E-state index in [2.05, 4.69) is 21.2 Å². The number of carbonyl (C=O) groups excluding carboxylic acids is 2. The minimum atomic E-state index is -0.849. The Balaban J connectivity index is 2.02. The van der Waals surface area contributed by atoms with Crippen molar-refractivity contribution in [3.63, 3.8) is 0 Å². The molecule has 1 aromatic rings. The molecule has 0 saturated heterocycles. The molecule has 0 saturated carbocycles. The van der Waals surface area contributed by atoms with E-state index in [-0.39, 0.29) is 12.3 Å². The number of nitrogens with one attached hydrogen (secondary N) is 1. The Kier molecular flexibility index (Phi) is 4.55. The Labute approximate surface area is 119 Å². The Morgan fingerprint density at radius 2 is 2.26 bits per heavy atom. The third-order valence-corrected chi connectivity index (χ3v) is 3.27. The zero-order chi connectivity index (χ0) is 13.8. The van der Waals surface area contributed by atoms with Crippen LogP contribution >= 0.6 is 15.9 Å². The number of hydrogen-bond acceptors (Lipinski definition) is 4. The van der Waals surface area contributed by atoms with Crippen LogP contribution in [0.4, 0.5) is 5.69 Å². The number of halogens is 1. The van der Waals surface area contributed by atoms with Crippen LogP contribution < -0.4 is 5.32 Å². The zero-order valence-electron chi connectivity index (χ0n) is 10.4. The van der Waals surface area contributed by atoms with Gasteiger partial charge in [-0.3, -0.25) is 9.59 Å². The van der Waals surface area contributed by atoms with Gasteiger partial charge in [-0.2, -0.15) is 0 Å². The van der Waals surface area contributed by atoms with Crippen molar-refractivity contribution in [2.24, 2.45) is 0 Å². The monoisotopic (exact) mass is 327 g/mol. The molecule has 1 heterocycles. The summed E-state index contributed by atoms with van der Waals surface area (Å²) in [7, 11) is 1.57. The fraction of sp³-hybridized carbons (Fsp3) is 0.385. The molecule has 0 spiro atoms. The summed E-state index contributed by atoms with van der Waals surface area (Å²) >= 11 is 3.32. The summed E-state index contributed by atoms with van der Waals surface area (Å²) in [5.41, 5.74) is 1.36. The van der Waals surface area contributed by atoms with Gasteiger partial charge in [0.15, 0.2) is 0 Å². The standard InChI is InChI=1S/C13H14BrNO4/c1-18-6-2-3-11(16)19-12-9-5-4-8(14)7-10(9)15-13(12)17/h4-5,7,12H,2-3,6H2,1H3,(H,15,17)/t12-/m1/s1. The van der Waals surface area contributed by atoms with Crippen LogP contribution in [0.2, 0.25) is 0 Å². The highest BCUT2D eigenvalue weighted by Gasteiger charge is 2.33. The van der Waals surface area contributed by atoms with Crippen molar-refractivity contribution in [3.8, 4) is 0 Å². The van der Waals surface area contributed by atoms with E-state index in [1.165, 1.54) is 0 Å². The van der Waals surface area contributed by atoms with Gasteiger partial charge in [-0.1, -0.05) is 22.0 Å². The van der Waals surface area contributed by atoms with Crippen LogP contribution in [0.3, 0.4) is 0 Å². The van der Waals surface area contributed by atoms with Crippen LogP contribution in [-0.2, 0) is 19.1 Å². The van der Waals surface area contributed by atoms with E-state index in [0.29, 0.717) is 24.3 Å². The molecule has 1 amide bonds. The lowest BCUT2D eigenvalue weighted by atomic mass is 10.1. The average Bonchev–Trinajstić information content (AvgIpc) is 2.65. The number of amides is 1. The SMILES string of the molecule is COCCCC(=O)O[C@H]1C(=O)Nc2cc(Br)ccc21. The van der Waals surface area contributed by atoms with Crippen LogP contribution in [0, 0.1) is 0 Å². The van der Waals surface area contributed by atoms with Gasteiger partial charge in [-0.05, 0) is 18.6 Å². The highest BCUT2D eigenvalue weighted by molar-refractivity contribution is 9.10. The minimum Gasteiger partial charge on any atom is -0.447 e. The second-order valence-electron chi connectivity index (χ2n) is 4.19. The Bertz CT molecular complexity index is 503. The Morgan fingerprint density at radius 1 is 1.47 bits per heavy atom. The summed E-state index contributed by atoms with van der Waals surface area (Å²) in [5.74, 6) is -0.707. The first kappa shape index (κ1) is 14.0. The molecule has 1 aliphatic rings. The van der Waals surface area contributed by atoms with Crippen molar-refractivity contribution in [3.05, 3.63) is 28.2 Å². The van der Waals surface area contributed by atoms with Crippen LogP contribution in [0.25, 0.3) is 0 Å². The lowest BCUT2D eigenvalue weighted by Gasteiger charge is -2.10. The number of fused-ring (bicyclic) bond motifs is 1. The van der Waals surface area contributed by atoms with Gasteiger partial charge in [0.25, 0.3) is 5.91 Å². The summed E-state index contributed by atoms with van der Waals surface area (Å²) in [6.45, 7) is 0.496. The van der Waals surface area contributed by atoms with Crippen LogP contribution in [0.5, 0.6) is 0 Å². The van der Waals surface area contributed by atoms with Gasteiger partial charge < -0.3 is 14.8 Å². The van der Waals surface area contributed by atoms with Gasteiger partial charge in [0.1, 0.15) is 0 Å². The maximum atomic E-state index is 11.8. The van der Waals surface area contributed by atoms with Crippen molar-refractivity contribution < 1.29 is 19.1 Å². The summed E-state index contributed by atoms with van der Waals surface area (Å²) in [5, 5.41) is 2.69. The predicted octanol–water partition coefficient (Wildman–Crippen LogP) is 2.41. The second-order valence-corrected chi connectivity index (χ2v) is 5.10. The number of esters is 1. The van der Waals surface area contributed by atoms with E-state index in [4.69, 9.17) is 9.47 Å². The van der Waals surface area contributed by atoms with Crippen molar-refractivity contribution in [1.82, 2.24) is 0 Å². The molecule has 19 heavy (non-hydrogen) atoms. The summed E-state index contributed by atoms with van der Waals surface area (Å²) in [6.07, 6.45) is -0.0291. The molecule has 0 bridgehead atoms. The number of ether oxygens (including phenoxy) is 2. The molecule has 102 valence electrons. The second kappa shape index (κ2) is 6.16. The molecule has 0 radical (unpaired) electrons.